The number of aryl methyl sites for hydroxylation is 1. The van der Waals surface area contributed by atoms with Crippen molar-refractivity contribution in [3.8, 4) is 0 Å². The summed E-state index contributed by atoms with van der Waals surface area (Å²) in [7, 11) is -1.80. The molecule has 0 fully saturated rings. The van der Waals surface area contributed by atoms with Crippen molar-refractivity contribution in [1.29, 1.82) is 0 Å². The lowest BCUT2D eigenvalue weighted by Gasteiger charge is -2.05. The fraction of sp³-hybridized carbons (Fsp3) is 0.438. The van der Waals surface area contributed by atoms with E-state index in [1.54, 1.807) is 0 Å². The summed E-state index contributed by atoms with van der Waals surface area (Å²) in [6, 6.07) is 5.79. The maximum atomic E-state index is 11.9. The molecule has 0 saturated carbocycles. The Hall–Kier alpha value is -1.86. The van der Waals surface area contributed by atoms with Gasteiger partial charge >= 0.3 is 0 Å². The number of aromatic nitrogens is 1. The molecule has 3 N–H and O–H groups in total. The highest BCUT2D eigenvalue weighted by atomic mass is 32.2. The summed E-state index contributed by atoms with van der Waals surface area (Å²) in [6.07, 6.45) is 3.50. The van der Waals surface area contributed by atoms with E-state index in [4.69, 9.17) is 0 Å². The molecule has 0 atom stereocenters. The number of nitrogens with one attached hydrogen (secondary N) is 3. The van der Waals surface area contributed by atoms with E-state index in [0.717, 1.165) is 28.5 Å². The molecule has 0 radical (unpaired) electrons. The van der Waals surface area contributed by atoms with Crippen LogP contribution >= 0.6 is 0 Å². The number of hydrogen-bond donors (Lipinski definition) is 3. The second kappa shape index (κ2) is 7.61. The van der Waals surface area contributed by atoms with Crippen molar-refractivity contribution >= 4 is 26.8 Å². The van der Waals surface area contributed by atoms with Crippen molar-refractivity contribution in [1.82, 2.24) is 15.0 Å². The van der Waals surface area contributed by atoms with E-state index in [2.05, 4.69) is 15.0 Å². The molecule has 6 nitrogen and oxygen atoms in total. The van der Waals surface area contributed by atoms with E-state index in [-0.39, 0.29) is 11.7 Å². The molecule has 7 heteroatoms. The molecule has 0 spiro atoms. The first-order valence-electron chi connectivity index (χ1n) is 7.72. The molecule has 0 unspecified atom stereocenters. The summed E-state index contributed by atoms with van der Waals surface area (Å²) >= 11 is 0. The van der Waals surface area contributed by atoms with E-state index >= 15 is 0 Å². The van der Waals surface area contributed by atoms with Crippen LogP contribution in [0, 0.1) is 0 Å². The molecule has 1 heterocycles. The number of carbonyl (C=O) groups is 1. The van der Waals surface area contributed by atoms with Crippen LogP contribution in [0.1, 0.15) is 24.5 Å². The average molecular weight is 337 g/mol. The second-order valence-corrected chi connectivity index (χ2v) is 7.54. The van der Waals surface area contributed by atoms with Gasteiger partial charge in [0.1, 0.15) is 0 Å². The second-order valence-electron chi connectivity index (χ2n) is 5.49. The summed E-state index contributed by atoms with van der Waals surface area (Å²) in [6.45, 7) is 2.69. The molecule has 2 rings (SSSR count). The van der Waals surface area contributed by atoms with Gasteiger partial charge in [-0.15, -0.1) is 0 Å². The highest BCUT2D eigenvalue weighted by molar-refractivity contribution is 7.89. The smallest absolute Gasteiger partial charge is 0.224 e. The summed E-state index contributed by atoms with van der Waals surface area (Å²) in [5, 5.41) is 3.83. The number of aromatic amines is 1. The van der Waals surface area contributed by atoms with Crippen molar-refractivity contribution in [2.75, 3.05) is 19.3 Å². The summed E-state index contributed by atoms with van der Waals surface area (Å²) in [5.41, 5.74) is 2.81. The minimum Gasteiger partial charge on any atom is -0.361 e. The van der Waals surface area contributed by atoms with Gasteiger partial charge in [0.15, 0.2) is 0 Å². The van der Waals surface area contributed by atoms with Crippen molar-refractivity contribution < 1.29 is 13.2 Å². The van der Waals surface area contributed by atoms with Crippen LogP contribution in [0.3, 0.4) is 0 Å². The molecule has 23 heavy (non-hydrogen) atoms. The van der Waals surface area contributed by atoms with Gasteiger partial charge < -0.3 is 10.3 Å². The van der Waals surface area contributed by atoms with E-state index in [1.165, 1.54) is 7.05 Å². The highest BCUT2D eigenvalue weighted by Crippen LogP contribution is 2.21. The quantitative estimate of drug-likeness (QED) is 0.679. The zero-order valence-corrected chi connectivity index (χ0v) is 14.3. The SMILES string of the molecule is CCCNC(=O)Cc1c[nH]c2ccc(CCS(=O)(=O)NC)cc12. The topological polar surface area (TPSA) is 91.1 Å². The Balaban J connectivity index is 2.14. The maximum Gasteiger partial charge on any atom is 0.224 e. The van der Waals surface area contributed by atoms with Crippen LogP contribution < -0.4 is 10.0 Å². The number of amides is 1. The van der Waals surface area contributed by atoms with E-state index in [9.17, 15) is 13.2 Å². The summed E-state index contributed by atoms with van der Waals surface area (Å²) in [4.78, 5) is 15.0. The Labute approximate surface area is 136 Å². The van der Waals surface area contributed by atoms with Gasteiger partial charge in [-0.05, 0) is 43.1 Å². The molecule has 1 aromatic carbocycles. The van der Waals surface area contributed by atoms with Crippen LogP contribution in [-0.2, 0) is 27.7 Å². The molecular weight excluding hydrogens is 314 g/mol. The van der Waals surface area contributed by atoms with Gasteiger partial charge in [-0.1, -0.05) is 13.0 Å². The molecule has 0 saturated heterocycles. The first kappa shape index (κ1) is 17.5. The Kier molecular flexibility index (Phi) is 5.79. The first-order chi connectivity index (χ1) is 10.9. The number of fused-ring (bicyclic) bond motifs is 1. The van der Waals surface area contributed by atoms with Gasteiger partial charge in [-0.25, -0.2) is 13.1 Å². The predicted octanol–water partition coefficient (Wildman–Crippen LogP) is 1.33. The minimum absolute atomic E-state index is 0.00378. The molecular formula is C16H23N3O3S. The molecule has 0 aliphatic carbocycles. The van der Waals surface area contributed by atoms with E-state index < -0.39 is 10.0 Å². The third-order valence-corrected chi connectivity index (χ3v) is 5.09. The zero-order valence-electron chi connectivity index (χ0n) is 13.5. The van der Waals surface area contributed by atoms with Gasteiger partial charge in [0.05, 0.1) is 12.2 Å². The molecule has 126 valence electrons. The van der Waals surface area contributed by atoms with Gasteiger partial charge in [-0.3, -0.25) is 4.79 Å². The van der Waals surface area contributed by atoms with E-state index in [0.29, 0.717) is 19.4 Å². The van der Waals surface area contributed by atoms with Gasteiger partial charge in [0.25, 0.3) is 0 Å². The Morgan fingerprint density at radius 1 is 1.30 bits per heavy atom. The van der Waals surface area contributed by atoms with Crippen LogP contribution in [0.2, 0.25) is 0 Å². The Morgan fingerprint density at radius 2 is 2.09 bits per heavy atom. The van der Waals surface area contributed by atoms with Crippen LogP contribution in [-0.4, -0.2) is 38.7 Å². The van der Waals surface area contributed by atoms with Gasteiger partial charge in [0.2, 0.25) is 15.9 Å². The number of sulfonamides is 1. The Bertz CT molecular complexity index is 781. The standard InChI is InChI=1S/C16H23N3O3S/c1-3-7-18-16(20)10-13-11-19-15-5-4-12(9-14(13)15)6-8-23(21,22)17-2/h4-5,9,11,17,19H,3,6-8,10H2,1-2H3,(H,18,20). The maximum absolute atomic E-state index is 11.9. The molecule has 0 aliphatic heterocycles. The zero-order chi connectivity index (χ0) is 16.9. The number of rotatable bonds is 8. The number of carbonyl (C=O) groups excluding carboxylic acids is 1. The number of benzene rings is 1. The molecule has 2 aromatic rings. The molecule has 1 amide bonds. The normalized spacial score (nSPS) is 11.7. The highest BCUT2D eigenvalue weighted by Gasteiger charge is 2.11. The van der Waals surface area contributed by atoms with Gasteiger partial charge in [-0.2, -0.15) is 0 Å². The molecule has 0 bridgehead atoms. The van der Waals surface area contributed by atoms with Gasteiger partial charge in [0, 0.05) is 23.6 Å². The molecule has 0 aliphatic rings. The van der Waals surface area contributed by atoms with E-state index in [1.807, 2.05) is 31.3 Å². The minimum atomic E-state index is -3.22. The van der Waals surface area contributed by atoms with Crippen LogP contribution in [0.5, 0.6) is 0 Å². The summed E-state index contributed by atoms with van der Waals surface area (Å²) in [5.74, 6) is 0.0436. The lowest BCUT2D eigenvalue weighted by molar-refractivity contribution is -0.120. The molecule has 1 aromatic heterocycles. The fourth-order valence-electron chi connectivity index (χ4n) is 2.38. The Morgan fingerprint density at radius 3 is 2.78 bits per heavy atom. The lowest BCUT2D eigenvalue weighted by Crippen LogP contribution is -2.25. The van der Waals surface area contributed by atoms with Crippen molar-refractivity contribution in [2.24, 2.45) is 0 Å². The first-order valence-corrected chi connectivity index (χ1v) is 9.37. The number of H-pyrrole nitrogens is 1. The van der Waals surface area contributed by atoms with Crippen molar-refractivity contribution in [3.63, 3.8) is 0 Å². The van der Waals surface area contributed by atoms with Crippen LogP contribution in [0.15, 0.2) is 24.4 Å². The third kappa shape index (κ3) is 4.80. The average Bonchev–Trinajstić information content (AvgIpc) is 2.93. The predicted molar refractivity (Wildman–Crippen MR) is 91.9 cm³/mol. The van der Waals surface area contributed by atoms with Crippen LogP contribution in [0.25, 0.3) is 10.9 Å². The lowest BCUT2D eigenvalue weighted by atomic mass is 10.1. The number of hydrogen-bond acceptors (Lipinski definition) is 3. The fourth-order valence-corrected chi connectivity index (χ4v) is 3.09. The van der Waals surface area contributed by atoms with Crippen molar-refractivity contribution in [3.05, 3.63) is 35.5 Å². The largest absolute Gasteiger partial charge is 0.361 e. The van der Waals surface area contributed by atoms with Crippen LogP contribution in [0.4, 0.5) is 0 Å². The van der Waals surface area contributed by atoms with Crippen molar-refractivity contribution in [2.45, 2.75) is 26.2 Å². The third-order valence-electron chi connectivity index (χ3n) is 3.73. The summed E-state index contributed by atoms with van der Waals surface area (Å²) < 4.78 is 25.4. The monoisotopic (exact) mass is 337 g/mol.